The van der Waals surface area contributed by atoms with Crippen LogP contribution in [0.15, 0.2) is 42.7 Å². The molecule has 39 heavy (non-hydrogen) atoms. The van der Waals surface area contributed by atoms with Crippen molar-refractivity contribution in [1.29, 1.82) is 0 Å². The molecule has 2 fully saturated rings. The van der Waals surface area contributed by atoms with Crippen LogP contribution in [0.3, 0.4) is 0 Å². The van der Waals surface area contributed by atoms with Gasteiger partial charge in [-0.2, -0.15) is 5.10 Å². The summed E-state index contributed by atoms with van der Waals surface area (Å²) in [4.78, 5) is 32.1. The lowest BCUT2D eigenvalue weighted by Gasteiger charge is -2.38. The molecule has 2 saturated heterocycles. The smallest absolute Gasteiger partial charge is 0.331 e. The number of methoxy groups -OCH3 is 1. The quantitative estimate of drug-likeness (QED) is 0.394. The number of carbonyl (C=O) groups is 2. The second-order valence-corrected chi connectivity index (χ2v) is 11.7. The first-order chi connectivity index (χ1) is 18.7. The lowest BCUT2D eigenvalue weighted by Crippen LogP contribution is -2.52. The average Bonchev–Trinajstić information content (AvgIpc) is 3.31. The van der Waals surface area contributed by atoms with E-state index in [9.17, 15) is 9.59 Å². The first-order valence-electron chi connectivity index (χ1n) is 14.2. The normalized spacial score (nSPS) is 20.9. The molecule has 2 aromatic heterocycles. The molecule has 5 rings (SSSR count). The first kappa shape index (κ1) is 27.2. The predicted octanol–water partition coefficient (Wildman–Crippen LogP) is 5.31. The standard InChI is InChI=1S/C31H41N5O3/c1-21(2)19-33-11-8-24(15-23(33)4)16-25-9-13-36-27(17-25)28(18-32-36)34-12-10-30(37)35(31(34)38)20-26-7-6-22(3)14-29(26)39-5/h6-7,9,13-14,17-18,21,23-24H,8,10-12,15-16,19-20H2,1-5H3. The summed E-state index contributed by atoms with van der Waals surface area (Å²) in [6, 6.07) is 10.4. The van der Waals surface area contributed by atoms with Gasteiger partial charge >= 0.3 is 6.03 Å². The van der Waals surface area contributed by atoms with Gasteiger partial charge in [0.15, 0.2) is 0 Å². The fourth-order valence-corrected chi connectivity index (χ4v) is 6.15. The van der Waals surface area contributed by atoms with E-state index in [0.29, 0.717) is 30.2 Å². The van der Waals surface area contributed by atoms with Crippen LogP contribution in [0.4, 0.5) is 10.5 Å². The van der Waals surface area contributed by atoms with Crippen molar-refractivity contribution >= 4 is 23.1 Å². The van der Waals surface area contributed by atoms with E-state index in [2.05, 4.69) is 42.9 Å². The maximum Gasteiger partial charge on any atom is 0.331 e. The number of fused-ring (bicyclic) bond motifs is 1. The third-order valence-electron chi connectivity index (χ3n) is 8.19. The average molecular weight is 532 g/mol. The zero-order chi connectivity index (χ0) is 27.7. The third kappa shape index (κ3) is 5.81. The highest BCUT2D eigenvalue weighted by Gasteiger charge is 2.35. The van der Waals surface area contributed by atoms with E-state index in [1.54, 1.807) is 18.2 Å². The number of pyridine rings is 1. The molecule has 2 aliphatic rings. The topological polar surface area (TPSA) is 70.4 Å². The molecule has 2 atom stereocenters. The Morgan fingerprint density at radius 2 is 1.95 bits per heavy atom. The number of nitrogens with zero attached hydrogens (tertiary/aromatic N) is 5. The van der Waals surface area contributed by atoms with Crippen molar-refractivity contribution in [2.45, 2.75) is 66.0 Å². The van der Waals surface area contributed by atoms with Gasteiger partial charge in [-0.3, -0.25) is 14.6 Å². The third-order valence-corrected chi connectivity index (χ3v) is 8.19. The van der Waals surface area contributed by atoms with E-state index in [-0.39, 0.29) is 24.9 Å². The van der Waals surface area contributed by atoms with Gasteiger partial charge in [-0.25, -0.2) is 9.31 Å². The molecule has 0 radical (unpaired) electrons. The molecular weight excluding hydrogens is 490 g/mol. The van der Waals surface area contributed by atoms with Gasteiger partial charge in [0.2, 0.25) is 5.91 Å². The van der Waals surface area contributed by atoms with Crippen molar-refractivity contribution in [2.75, 3.05) is 31.6 Å². The number of carbonyl (C=O) groups excluding carboxylic acids is 2. The van der Waals surface area contributed by atoms with Crippen LogP contribution in [-0.2, 0) is 17.8 Å². The summed E-state index contributed by atoms with van der Waals surface area (Å²) in [6.07, 6.45) is 7.42. The van der Waals surface area contributed by atoms with Gasteiger partial charge < -0.3 is 9.64 Å². The largest absolute Gasteiger partial charge is 0.496 e. The number of aromatic nitrogens is 2. The van der Waals surface area contributed by atoms with Gasteiger partial charge in [0.1, 0.15) is 5.75 Å². The zero-order valence-electron chi connectivity index (χ0n) is 23.9. The highest BCUT2D eigenvalue weighted by molar-refractivity contribution is 6.07. The van der Waals surface area contributed by atoms with Gasteiger partial charge in [0.25, 0.3) is 0 Å². The van der Waals surface area contributed by atoms with Crippen LogP contribution in [0.5, 0.6) is 5.75 Å². The molecule has 0 bridgehead atoms. The Kier molecular flexibility index (Phi) is 7.93. The minimum atomic E-state index is -0.319. The Morgan fingerprint density at radius 1 is 1.13 bits per heavy atom. The number of hydrogen-bond acceptors (Lipinski definition) is 5. The number of piperidine rings is 1. The van der Waals surface area contributed by atoms with Crippen molar-refractivity contribution in [3.8, 4) is 5.75 Å². The molecule has 1 aromatic carbocycles. The molecule has 2 aliphatic heterocycles. The highest BCUT2D eigenvalue weighted by Crippen LogP contribution is 2.31. The van der Waals surface area contributed by atoms with Crippen molar-refractivity contribution < 1.29 is 14.3 Å². The number of ether oxygens (including phenoxy) is 1. The van der Waals surface area contributed by atoms with Gasteiger partial charge in [-0.1, -0.05) is 26.0 Å². The van der Waals surface area contributed by atoms with E-state index < -0.39 is 0 Å². The molecule has 8 heteroatoms. The SMILES string of the molecule is COc1cc(C)ccc1CN1C(=O)CCN(c2cnn3ccc(CC4CCN(CC(C)C)C(C)C4)cc23)C1=O. The zero-order valence-corrected chi connectivity index (χ0v) is 23.9. The maximum absolute atomic E-state index is 13.6. The molecule has 0 N–H and O–H groups in total. The summed E-state index contributed by atoms with van der Waals surface area (Å²) < 4.78 is 7.34. The van der Waals surface area contributed by atoms with Crippen molar-refractivity contribution in [3.05, 3.63) is 59.4 Å². The summed E-state index contributed by atoms with van der Waals surface area (Å²) in [5.41, 5.74) is 4.78. The number of amides is 3. The van der Waals surface area contributed by atoms with Crippen molar-refractivity contribution in [2.24, 2.45) is 11.8 Å². The molecule has 0 saturated carbocycles. The van der Waals surface area contributed by atoms with Crippen molar-refractivity contribution in [1.82, 2.24) is 19.4 Å². The van der Waals surface area contributed by atoms with Gasteiger partial charge in [0, 0.05) is 37.3 Å². The Bertz CT molecular complexity index is 1350. The Labute approximate surface area is 231 Å². The summed E-state index contributed by atoms with van der Waals surface area (Å²) in [7, 11) is 1.61. The van der Waals surface area contributed by atoms with Crippen LogP contribution in [0.2, 0.25) is 0 Å². The Hall–Kier alpha value is -3.39. The number of likely N-dealkylation sites (tertiary alicyclic amines) is 1. The number of imide groups is 1. The van der Waals surface area contributed by atoms with Gasteiger partial charge in [0.05, 0.1) is 31.1 Å². The number of benzene rings is 1. The number of rotatable bonds is 8. The lowest BCUT2D eigenvalue weighted by atomic mass is 9.86. The molecule has 0 aliphatic carbocycles. The van der Waals surface area contributed by atoms with Crippen LogP contribution in [0.25, 0.3) is 5.52 Å². The molecular formula is C31H41N5O3. The molecule has 4 heterocycles. The van der Waals surface area contributed by atoms with Gasteiger partial charge in [-0.15, -0.1) is 0 Å². The minimum Gasteiger partial charge on any atom is -0.496 e. The van der Waals surface area contributed by atoms with Crippen LogP contribution in [0, 0.1) is 18.8 Å². The summed E-state index contributed by atoms with van der Waals surface area (Å²) >= 11 is 0. The molecule has 0 spiro atoms. The molecule has 3 amide bonds. The lowest BCUT2D eigenvalue weighted by molar-refractivity contribution is -0.129. The van der Waals surface area contributed by atoms with E-state index >= 15 is 0 Å². The molecule has 8 nitrogen and oxygen atoms in total. The van der Waals surface area contributed by atoms with Gasteiger partial charge in [-0.05, 0) is 80.8 Å². The Morgan fingerprint density at radius 3 is 2.69 bits per heavy atom. The van der Waals surface area contributed by atoms with E-state index in [1.165, 1.54) is 29.8 Å². The Balaban J connectivity index is 1.33. The van der Waals surface area contributed by atoms with Crippen LogP contribution in [-0.4, -0.2) is 64.1 Å². The summed E-state index contributed by atoms with van der Waals surface area (Å²) in [5.74, 6) is 1.84. The van der Waals surface area contributed by atoms with Crippen molar-refractivity contribution in [3.63, 3.8) is 0 Å². The van der Waals surface area contributed by atoms with Crippen LogP contribution < -0.4 is 9.64 Å². The van der Waals surface area contributed by atoms with E-state index in [0.717, 1.165) is 35.3 Å². The van der Waals surface area contributed by atoms with Crippen LogP contribution >= 0.6 is 0 Å². The number of aryl methyl sites for hydroxylation is 1. The maximum atomic E-state index is 13.6. The monoisotopic (exact) mass is 531 g/mol. The number of anilines is 1. The second-order valence-electron chi connectivity index (χ2n) is 11.7. The summed E-state index contributed by atoms with van der Waals surface area (Å²) in [6.45, 7) is 11.8. The highest BCUT2D eigenvalue weighted by atomic mass is 16.5. The number of hydrogen-bond donors (Lipinski definition) is 0. The second kappa shape index (κ2) is 11.4. The number of urea groups is 1. The molecule has 2 unspecified atom stereocenters. The van der Waals surface area contributed by atoms with Crippen LogP contribution in [0.1, 0.15) is 56.7 Å². The fraction of sp³-hybridized carbons (Fsp3) is 0.516. The fourth-order valence-electron chi connectivity index (χ4n) is 6.15. The first-order valence-corrected chi connectivity index (χ1v) is 14.2. The minimum absolute atomic E-state index is 0.172. The van der Waals surface area contributed by atoms with E-state index in [4.69, 9.17) is 4.74 Å². The summed E-state index contributed by atoms with van der Waals surface area (Å²) in [5, 5.41) is 4.52. The van der Waals surface area contributed by atoms with E-state index in [1.807, 2.05) is 35.8 Å². The molecule has 208 valence electrons. The predicted molar refractivity (Wildman–Crippen MR) is 153 cm³/mol. The molecule has 3 aromatic rings.